The van der Waals surface area contributed by atoms with Crippen LogP contribution >= 0.6 is 0 Å². The number of hydrogen-bond donors (Lipinski definition) is 1. The number of nitrogens with one attached hydrogen (secondary N) is 1. The van der Waals surface area contributed by atoms with Crippen molar-refractivity contribution in [3.63, 3.8) is 0 Å². The summed E-state index contributed by atoms with van der Waals surface area (Å²) in [5.74, 6) is 0.361. The average molecular weight is 281 g/mol. The predicted octanol–water partition coefficient (Wildman–Crippen LogP) is 2.20. The summed E-state index contributed by atoms with van der Waals surface area (Å²) in [6.45, 7) is 8.60. The summed E-state index contributed by atoms with van der Waals surface area (Å²) in [6.07, 6.45) is 6.93. The first-order valence-electron chi connectivity index (χ1n) is 8.25. The first kappa shape index (κ1) is 15.8. The molecule has 2 fully saturated rings. The van der Waals surface area contributed by atoms with Crippen LogP contribution in [0.2, 0.25) is 0 Å². The van der Waals surface area contributed by atoms with Gasteiger partial charge in [0, 0.05) is 12.6 Å². The van der Waals surface area contributed by atoms with Crippen molar-refractivity contribution in [2.45, 2.75) is 77.0 Å². The second kappa shape index (κ2) is 6.44. The van der Waals surface area contributed by atoms with Gasteiger partial charge in [0.1, 0.15) is 0 Å². The maximum absolute atomic E-state index is 12.6. The summed E-state index contributed by atoms with van der Waals surface area (Å²) in [7, 11) is 2.17. The fraction of sp³-hybridized carbons (Fsp3) is 0.938. The second-order valence-corrected chi connectivity index (χ2v) is 6.89. The zero-order valence-electron chi connectivity index (χ0n) is 13.6. The zero-order valence-corrected chi connectivity index (χ0v) is 13.6. The van der Waals surface area contributed by atoms with Crippen molar-refractivity contribution in [3.05, 3.63) is 0 Å². The number of carbonyl (C=O) groups excluding carboxylic acids is 1. The van der Waals surface area contributed by atoms with E-state index in [-0.39, 0.29) is 11.7 Å². The molecule has 1 amide bonds. The Morgan fingerprint density at radius 2 is 2.00 bits per heavy atom. The molecule has 1 N–H and O–H groups in total. The van der Waals surface area contributed by atoms with Gasteiger partial charge < -0.3 is 9.80 Å². The van der Waals surface area contributed by atoms with Crippen molar-refractivity contribution in [2.24, 2.45) is 0 Å². The molecule has 1 saturated carbocycles. The van der Waals surface area contributed by atoms with Crippen molar-refractivity contribution in [3.8, 4) is 0 Å². The molecule has 1 aliphatic carbocycles. The van der Waals surface area contributed by atoms with Gasteiger partial charge in [-0.2, -0.15) is 0 Å². The second-order valence-electron chi connectivity index (χ2n) is 6.89. The van der Waals surface area contributed by atoms with Gasteiger partial charge in [-0.25, -0.2) is 0 Å². The Bertz CT molecular complexity index is 337. The van der Waals surface area contributed by atoms with Crippen LogP contribution in [0.4, 0.5) is 0 Å². The van der Waals surface area contributed by atoms with Gasteiger partial charge in [0.05, 0.1) is 11.7 Å². The molecule has 1 saturated heterocycles. The molecule has 4 nitrogen and oxygen atoms in total. The lowest BCUT2D eigenvalue weighted by atomic mass is 9.98. The molecular formula is C16H31N3O. The quantitative estimate of drug-likeness (QED) is 0.758. The van der Waals surface area contributed by atoms with Crippen LogP contribution < -0.4 is 5.32 Å². The molecule has 20 heavy (non-hydrogen) atoms. The molecule has 1 heterocycles. The van der Waals surface area contributed by atoms with E-state index in [1.807, 2.05) is 0 Å². The zero-order chi connectivity index (χ0) is 14.8. The predicted molar refractivity (Wildman–Crippen MR) is 82.5 cm³/mol. The normalized spacial score (nSPS) is 25.6. The highest BCUT2D eigenvalue weighted by Crippen LogP contribution is 2.36. The van der Waals surface area contributed by atoms with E-state index in [1.165, 1.54) is 12.8 Å². The third-order valence-corrected chi connectivity index (χ3v) is 5.12. The molecular weight excluding hydrogens is 250 g/mol. The van der Waals surface area contributed by atoms with E-state index in [9.17, 15) is 4.79 Å². The molecule has 0 bridgehead atoms. The van der Waals surface area contributed by atoms with Crippen molar-refractivity contribution < 1.29 is 4.79 Å². The van der Waals surface area contributed by atoms with Crippen LogP contribution in [0.15, 0.2) is 0 Å². The molecule has 0 aromatic heterocycles. The lowest BCUT2D eigenvalue weighted by Gasteiger charge is -2.24. The van der Waals surface area contributed by atoms with Crippen LogP contribution in [0.1, 0.15) is 59.3 Å². The fourth-order valence-corrected chi connectivity index (χ4v) is 3.52. The number of nitrogens with zero attached hydrogens (tertiary/aromatic N) is 2. The summed E-state index contributed by atoms with van der Waals surface area (Å²) in [5.41, 5.74) is -0.200. The average Bonchev–Trinajstić information content (AvgIpc) is 2.94. The van der Waals surface area contributed by atoms with E-state index in [1.54, 1.807) is 0 Å². The minimum atomic E-state index is -0.200. The van der Waals surface area contributed by atoms with Crippen LogP contribution in [0, 0.1) is 0 Å². The molecule has 116 valence electrons. The highest BCUT2D eigenvalue weighted by atomic mass is 16.2. The van der Waals surface area contributed by atoms with E-state index in [0.717, 1.165) is 38.8 Å². The van der Waals surface area contributed by atoms with Crippen LogP contribution in [0.25, 0.3) is 0 Å². The molecule has 4 heteroatoms. The van der Waals surface area contributed by atoms with Gasteiger partial charge >= 0.3 is 0 Å². The third-order valence-electron chi connectivity index (χ3n) is 5.12. The summed E-state index contributed by atoms with van der Waals surface area (Å²) in [5, 5.41) is 3.56. The maximum Gasteiger partial charge on any atom is 0.244 e. The Labute approximate surface area is 123 Å². The minimum Gasteiger partial charge on any atom is -0.326 e. The summed E-state index contributed by atoms with van der Waals surface area (Å²) >= 11 is 0. The van der Waals surface area contributed by atoms with E-state index in [4.69, 9.17) is 0 Å². The number of carbonyl (C=O) groups is 1. The lowest BCUT2D eigenvalue weighted by Crippen LogP contribution is -2.44. The van der Waals surface area contributed by atoms with E-state index in [0.29, 0.717) is 11.9 Å². The molecule has 0 radical (unpaired) electrons. The molecule has 1 aliphatic heterocycles. The Hall–Kier alpha value is -0.610. The molecule has 2 rings (SSSR count). The van der Waals surface area contributed by atoms with Crippen LogP contribution in [0.5, 0.6) is 0 Å². The third kappa shape index (κ3) is 3.17. The molecule has 1 spiro atoms. The summed E-state index contributed by atoms with van der Waals surface area (Å²) in [4.78, 5) is 17.1. The monoisotopic (exact) mass is 281 g/mol. The van der Waals surface area contributed by atoms with Crippen LogP contribution in [-0.2, 0) is 4.79 Å². The van der Waals surface area contributed by atoms with E-state index < -0.39 is 0 Å². The standard InChI is InChI=1S/C16H31N3O/c1-13(2)18(4)11-7-8-12-19-14(3)17-16(15(19)20)9-5-6-10-16/h13-14,17H,5-12H2,1-4H3. The topological polar surface area (TPSA) is 35.6 Å². The summed E-state index contributed by atoms with van der Waals surface area (Å²) in [6, 6.07) is 0.603. The van der Waals surface area contributed by atoms with Gasteiger partial charge in [0.25, 0.3) is 0 Å². The molecule has 1 unspecified atom stereocenters. The van der Waals surface area contributed by atoms with Crippen molar-refractivity contribution in [1.82, 2.24) is 15.1 Å². The van der Waals surface area contributed by atoms with Crippen molar-refractivity contribution in [1.29, 1.82) is 0 Å². The first-order valence-corrected chi connectivity index (χ1v) is 8.25. The Morgan fingerprint density at radius 1 is 1.35 bits per heavy atom. The van der Waals surface area contributed by atoms with Gasteiger partial charge in [-0.3, -0.25) is 10.1 Å². The highest BCUT2D eigenvalue weighted by molar-refractivity contribution is 5.89. The molecule has 0 aromatic carbocycles. The molecule has 0 aromatic rings. The number of unbranched alkanes of at least 4 members (excludes halogenated alkanes) is 1. The molecule has 1 atom stereocenters. The van der Waals surface area contributed by atoms with Gasteiger partial charge in [0.15, 0.2) is 0 Å². The molecule has 2 aliphatic rings. The van der Waals surface area contributed by atoms with Gasteiger partial charge in [-0.05, 0) is 60.0 Å². The smallest absolute Gasteiger partial charge is 0.244 e. The first-order chi connectivity index (χ1) is 9.46. The van der Waals surface area contributed by atoms with E-state index >= 15 is 0 Å². The fourth-order valence-electron chi connectivity index (χ4n) is 3.52. The Kier molecular flexibility index (Phi) is 5.08. The largest absolute Gasteiger partial charge is 0.326 e. The number of hydrogen-bond acceptors (Lipinski definition) is 3. The lowest BCUT2D eigenvalue weighted by molar-refractivity contribution is -0.133. The van der Waals surface area contributed by atoms with Gasteiger partial charge in [-0.1, -0.05) is 12.8 Å². The minimum absolute atomic E-state index is 0.200. The maximum atomic E-state index is 12.6. The SMILES string of the molecule is CC(C)N(C)CCCCN1C(=O)C2(CCCC2)NC1C. The van der Waals surface area contributed by atoms with Gasteiger partial charge in [0.2, 0.25) is 5.91 Å². The van der Waals surface area contributed by atoms with Crippen LogP contribution in [0.3, 0.4) is 0 Å². The van der Waals surface area contributed by atoms with Crippen molar-refractivity contribution in [2.75, 3.05) is 20.1 Å². The van der Waals surface area contributed by atoms with E-state index in [2.05, 4.69) is 42.9 Å². The van der Waals surface area contributed by atoms with Gasteiger partial charge in [-0.15, -0.1) is 0 Å². The summed E-state index contributed by atoms with van der Waals surface area (Å²) < 4.78 is 0. The van der Waals surface area contributed by atoms with Crippen LogP contribution in [-0.4, -0.2) is 53.6 Å². The highest BCUT2D eigenvalue weighted by Gasteiger charge is 2.50. The Balaban J connectivity index is 1.77. The Morgan fingerprint density at radius 3 is 2.60 bits per heavy atom. The number of amides is 1. The number of rotatable bonds is 6. The van der Waals surface area contributed by atoms with Crippen molar-refractivity contribution >= 4 is 5.91 Å².